The van der Waals surface area contributed by atoms with E-state index in [9.17, 15) is 18.0 Å². The summed E-state index contributed by atoms with van der Waals surface area (Å²) >= 11 is 2.33. The highest BCUT2D eigenvalue weighted by atomic mass is 32.2. The minimum absolute atomic E-state index is 0.292. The molecular formula is C14H12N2O5S3. The average Bonchev–Trinajstić information content (AvgIpc) is 3.21. The van der Waals surface area contributed by atoms with Crippen molar-refractivity contribution >= 4 is 55.8 Å². The second-order valence-corrected chi connectivity index (χ2v) is 8.51. The summed E-state index contributed by atoms with van der Waals surface area (Å²) in [7, 11) is -1.30. The number of carbonyl (C=O) groups excluding carboxylic acids is 2. The number of fused-ring (bicyclic) bond motifs is 1. The largest absolute Gasteiger partial charge is 0.465 e. The number of methoxy groups -OCH3 is 1. The normalized spacial score (nSPS) is 17.7. The second kappa shape index (κ2) is 6.04. The van der Waals surface area contributed by atoms with Gasteiger partial charge in [-0.25, -0.2) is 13.2 Å². The summed E-state index contributed by atoms with van der Waals surface area (Å²) in [6.07, 6.45) is 1.12. The van der Waals surface area contributed by atoms with Crippen LogP contribution in [0, 0.1) is 0 Å². The predicted octanol–water partition coefficient (Wildman–Crippen LogP) is 2.51. The molecule has 1 N–H and O–H groups in total. The molecule has 0 amide bonds. The number of Topliss-reactive ketones (excluding diaryl/α,β-unsaturated/α-hetero) is 1. The molecule has 0 fully saturated rings. The van der Waals surface area contributed by atoms with Gasteiger partial charge in [0.15, 0.2) is 4.91 Å². The van der Waals surface area contributed by atoms with E-state index in [1.807, 2.05) is 0 Å². The van der Waals surface area contributed by atoms with Gasteiger partial charge in [-0.1, -0.05) is 0 Å². The van der Waals surface area contributed by atoms with Crippen LogP contribution >= 0.6 is 22.7 Å². The van der Waals surface area contributed by atoms with Gasteiger partial charge in [0.25, 0.3) is 10.0 Å². The van der Waals surface area contributed by atoms with Crippen molar-refractivity contribution < 1.29 is 22.7 Å². The summed E-state index contributed by atoms with van der Waals surface area (Å²) in [5, 5.41) is 6.06. The van der Waals surface area contributed by atoms with Gasteiger partial charge in [-0.15, -0.1) is 22.7 Å². The van der Waals surface area contributed by atoms with Crippen LogP contribution in [-0.4, -0.2) is 34.3 Å². The Bertz CT molecular complexity index is 955. The Labute approximate surface area is 146 Å². The van der Waals surface area contributed by atoms with Crippen molar-refractivity contribution in [3.8, 4) is 0 Å². The zero-order valence-corrected chi connectivity index (χ0v) is 15.0. The van der Waals surface area contributed by atoms with Crippen LogP contribution in [0.1, 0.15) is 19.3 Å². The number of thiophene rings is 2. The van der Waals surface area contributed by atoms with E-state index in [0.29, 0.717) is 21.1 Å². The predicted molar refractivity (Wildman–Crippen MR) is 93.3 cm³/mol. The van der Waals surface area contributed by atoms with E-state index >= 15 is 0 Å². The first-order valence-corrected chi connectivity index (χ1v) is 9.81. The first kappa shape index (κ1) is 16.7. The first-order chi connectivity index (χ1) is 11.4. The number of allylic oxidation sites excluding steroid dienone is 1. The molecule has 1 aliphatic rings. The molecule has 0 saturated carbocycles. The Kier molecular flexibility index (Phi) is 4.20. The van der Waals surface area contributed by atoms with Crippen molar-refractivity contribution in [2.24, 2.45) is 0 Å². The Hall–Kier alpha value is -2.17. The molecule has 2 aromatic rings. The zero-order chi connectivity index (χ0) is 17.5. The fourth-order valence-electron chi connectivity index (χ4n) is 2.18. The third-order valence-electron chi connectivity index (χ3n) is 3.45. The third kappa shape index (κ3) is 2.52. The molecule has 0 bridgehead atoms. The van der Waals surface area contributed by atoms with Crippen LogP contribution in [0.15, 0.2) is 34.0 Å². The minimum atomic E-state index is -3.95. The number of nitrogens with one attached hydrogen (secondary N) is 1. The van der Waals surface area contributed by atoms with Crippen LogP contribution < -0.4 is 9.62 Å². The number of carbonyl (C=O) groups is 2. The molecule has 0 aliphatic carbocycles. The summed E-state index contributed by atoms with van der Waals surface area (Å²) in [6, 6.07) is 3.20. The second-order valence-electron chi connectivity index (χ2n) is 4.74. The summed E-state index contributed by atoms with van der Waals surface area (Å²) in [5.41, 5.74) is 0.745. The van der Waals surface area contributed by atoms with Crippen molar-refractivity contribution in [3.63, 3.8) is 0 Å². The van der Waals surface area contributed by atoms with Crippen molar-refractivity contribution in [3.05, 3.63) is 43.8 Å². The monoisotopic (exact) mass is 384 g/mol. The van der Waals surface area contributed by atoms with E-state index in [2.05, 4.69) is 10.1 Å². The maximum absolute atomic E-state index is 12.5. The highest BCUT2D eigenvalue weighted by Crippen LogP contribution is 2.37. The van der Waals surface area contributed by atoms with Crippen molar-refractivity contribution in [1.29, 1.82) is 0 Å². The van der Waals surface area contributed by atoms with Gasteiger partial charge in [0.1, 0.15) is 9.75 Å². The van der Waals surface area contributed by atoms with Gasteiger partial charge in [0, 0.05) is 13.2 Å². The fraction of sp³-hybridized carbons (Fsp3) is 0.143. The molecule has 0 atom stereocenters. The molecule has 1 aliphatic heterocycles. The Balaban J connectivity index is 2.00. The smallest absolute Gasteiger partial charge is 0.350 e. The van der Waals surface area contributed by atoms with E-state index in [-0.39, 0.29) is 4.91 Å². The first-order valence-electron chi connectivity index (χ1n) is 6.61. The average molecular weight is 384 g/mol. The van der Waals surface area contributed by atoms with Crippen LogP contribution in [0.4, 0.5) is 11.4 Å². The maximum atomic E-state index is 12.5. The molecule has 3 rings (SSSR count). The topological polar surface area (TPSA) is 92.8 Å². The molecule has 2 aromatic heterocycles. The molecule has 3 heterocycles. The molecule has 0 radical (unpaired) electrons. The van der Waals surface area contributed by atoms with Gasteiger partial charge in [-0.2, -0.15) is 0 Å². The Morgan fingerprint density at radius 1 is 1.29 bits per heavy atom. The molecule has 0 spiro atoms. The lowest BCUT2D eigenvalue weighted by atomic mass is 10.2. The van der Waals surface area contributed by atoms with E-state index < -0.39 is 21.8 Å². The van der Waals surface area contributed by atoms with Crippen LogP contribution in [0.25, 0.3) is 0 Å². The van der Waals surface area contributed by atoms with Crippen LogP contribution in [0.5, 0.6) is 0 Å². The number of rotatable bonds is 3. The molecular weight excluding hydrogens is 372 g/mol. The fourth-order valence-corrected chi connectivity index (χ4v) is 5.21. The van der Waals surface area contributed by atoms with E-state index in [4.69, 9.17) is 0 Å². The molecule has 10 heteroatoms. The molecule has 0 unspecified atom stereocenters. The number of hydrogen-bond donors (Lipinski definition) is 1. The van der Waals surface area contributed by atoms with Crippen molar-refractivity contribution in [2.45, 2.75) is 0 Å². The van der Waals surface area contributed by atoms with Crippen LogP contribution in [0.2, 0.25) is 0 Å². The Morgan fingerprint density at radius 3 is 2.71 bits per heavy atom. The number of hydrogen-bond acceptors (Lipinski definition) is 8. The number of nitrogens with zero attached hydrogens (tertiary/aromatic N) is 1. The number of ether oxygens (including phenoxy) is 1. The Morgan fingerprint density at radius 2 is 2.00 bits per heavy atom. The zero-order valence-electron chi connectivity index (χ0n) is 12.6. The highest BCUT2D eigenvalue weighted by molar-refractivity contribution is 7.97. The van der Waals surface area contributed by atoms with Gasteiger partial charge in [0.2, 0.25) is 5.78 Å². The SMILES string of the molecule is COC(=O)c1sccc1N/C=C1\C(=O)c2sccc2N(C)S1(=O)=O. The molecule has 24 heavy (non-hydrogen) atoms. The summed E-state index contributed by atoms with van der Waals surface area (Å²) in [5.74, 6) is -1.11. The van der Waals surface area contributed by atoms with E-state index in [1.165, 1.54) is 25.5 Å². The summed E-state index contributed by atoms with van der Waals surface area (Å²) < 4.78 is 30.8. The van der Waals surface area contributed by atoms with E-state index in [0.717, 1.165) is 21.8 Å². The lowest BCUT2D eigenvalue weighted by Gasteiger charge is -2.25. The maximum Gasteiger partial charge on any atom is 0.350 e. The standard InChI is InChI=1S/C14H12N2O5S3/c1-16-9-4-6-23-13(9)11(17)10(24(16,19)20)7-15-8-3-5-22-12(8)14(18)21-2/h3-7,15H,1-2H3/b10-7+. The lowest BCUT2D eigenvalue weighted by Crippen LogP contribution is -2.35. The lowest BCUT2D eigenvalue weighted by molar-refractivity contribution is 0.0607. The number of anilines is 2. The van der Waals surface area contributed by atoms with Crippen molar-refractivity contribution in [2.75, 3.05) is 23.8 Å². The van der Waals surface area contributed by atoms with Gasteiger partial charge < -0.3 is 10.1 Å². The molecule has 126 valence electrons. The van der Waals surface area contributed by atoms with Gasteiger partial charge in [0.05, 0.1) is 18.5 Å². The highest BCUT2D eigenvalue weighted by Gasteiger charge is 2.39. The minimum Gasteiger partial charge on any atom is -0.465 e. The quantitative estimate of drug-likeness (QED) is 0.646. The van der Waals surface area contributed by atoms with Gasteiger partial charge >= 0.3 is 5.97 Å². The van der Waals surface area contributed by atoms with Crippen LogP contribution in [-0.2, 0) is 14.8 Å². The van der Waals surface area contributed by atoms with E-state index in [1.54, 1.807) is 22.9 Å². The number of ketones is 1. The van der Waals surface area contributed by atoms with Crippen LogP contribution in [0.3, 0.4) is 0 Å². The molecule has 7 nitrogen and oxygen atoms in total. The summed E-state index contributed by atoms with van der Waals surface area (Å²) in [4.78, 5) is 24.4. The molecule has 0 aromatic carbocycles. The van der Waals surface area contributed by atoms with Crippen molar-refractivity contribution in [1.82, 2.24) is 0 Å². The summed E-state index contributed by atoms with van der Waals surface area (Å²) in [6.45, 7) is 0. The third-order valence-corrected chi connectivity index (χ3v) is 7.02. The van der Waals surface area contributed by atoms with Gasteiger partial charge in [-0.3, -0.25) is 9.10 Å². The van der Waals surface area contributed by atoms with Gasteiger partial charge in [-0.05, 0) is 22.9 Å². The molecule has 0 saturated heterocycles. The number of esters is 1. The number of sulfonamides is 1.